The van der Waals surface area contributed by atoms with E-state index in [1.807, 2.05) is 13.8 Å². The fourth-order valence-corrected chi connectivity index (χ4v) is 2.52. The van der Waals surface area contributed by atoms with E-state index in [9.17, 15) is 10.1 Å². The van der Waals surface area contributed by atoms with E-state index in [-0.39, 0.29) is 11.8 Å². The number of rotatable bonds is 7. The van der Waals surface area contributed by atoms with Crippen LogP contribution < -0.4 is 10.1 Å². The van der Waals surface area contributed by atoms with Crippen LogP contribution in [0.25, 0.3) is 0 Å². The summed E-state index contributed by atoms with van der Waals surface area (Å²) in [4.78, 5) is 10.6. The van der Waals surface area contributed by atoms with Crippen molar-refractivity contribution in [3.63, 3.8) is 0 Å². The zero-order chi connectivity index (χ0) is 15.6. The van der Waals surface area contributed by atoms with Gasteiger partial charge in [0.2, 0.25) is 0 Å². The molecule has 0 heterocycles. The topological polar surface area (TPSA) is 64.4 Å². The summed E-state index contributed by atoms with van der Waals surface area (Å²) in [6.07, 6.45) is 2.41. The summed E-state index contributed by atoms with van der Waals surface area (Å²) >= 11 is 0. The molecule has 0 atom stereocenters. The Morgan fingerprint density at radius 3 is 2.48 bits per heavy atom. The predicted octanol–water partition coefficient (Wildman–Crippen LogP) is 4.23. The second kappa shape index (κ2) is 5.92. The maximum atomic E-state index is 11.0. The van der Waals surface area contributed by atoms with Crippen LogP contribution in [0.15, 0.2) is 18.2 Å². The van der Waals surface area contributed by atoms with Crippen LogP contribution in [-0.4, -0.2) is 17.6 Å². The third kappa shape index (κ3) is 3.65. The Hall–Kier alpha value is -1.78. The van der Waals surface area contributed by atoms with Crippen LogP contribution in [0.4, 0.5) is 11.4 Å². The van der Waals surface area contributed by atoms with Gasteiger partial charge in [-0.1, -0.05) is 13.8 Å². The molecule has 1 aromatic carbocycles. The lowest BCUT2D eigenvalue weighted by atomic mass is 9.92. The average molecular weight is 292 g/mol. The number of hydrogen-bond acceptors (Lipinski definition) is 4. The van der Waals surface area contributed by atoms with Crippen LogP contribution in [0, 0.1) is 21.4 Å². The zero-order valence-corrected chi connectivity index (χ0v) is 13.2. The van der Waals surface area contributed by atoms with E-state index >= 15 is 0 Å². The van der Waals surface area contributed by atoms with Crippen LogP contribution in [0.5, 0.6) is 5.75 Å². The summed E-state index contributed by atoms with van der Waals surface area (Å²) in [5.74, 6) is 0.976. The number of ether oxygens (including phenoxy) is 1. The molecular weight excluding hydrogens is 268 g/mol. The van der Waals surface area contributed by atoms with E-state index in [0.29, 0.717) is 17.1 Å². The molecule has 116 valence electrons. The lowest BCUT2D eigenvalue weighted by Gasteiger charge is -2.21. The molecule has 0 aromatic heterocycles. The summed E-state index contributed by atoms with van der Waals surface area (Å²) in [5.41, 5.74) is 1.28. The van der Waals surface area contributed by atoms with Gasteiger partial charge in [-0.3, -0.25) is 10.1 Å². The Morgan fingerprint density at radius 2 is 2.00 bits per heavy atom. The fourth-order valence-electron chi connectivity index (χ4n) is 2.52. The predicted molar refractivity (Wildman–Crippen MR) is 83.9 cm³/mol. The third-order valence-corrected chi connectivity index (χ3v) is 4.28. The first kappa shape index (κ1) is 15.6. The number of hydrogen-bond donors (Lipinski definition) is 1. The lowest BCUT2D eigenvalue weighted by molar-refractivity contribution is -0.386. The Balaban J connectivity index is 2.12. The molecule has 0 aliphatic heterocycles. The molecule has 1 fully saturated rings. The first-order valence-corrected chi connectivity index (χ1v) is 7.53. The zero-order valence-electron chi connectivity index (χ0n) is 13.2. The smallest absolute Gasteiger partial charge is 0.311 e. The molecule has 5 heteroatoms. The number of nitro benzene ring substituents is 1. The maximum absolute atomic E-state index is 11.0. The van der Waals surface area contributed by atoms with Crippen molar-refractivity contribution >= 4 is 11.4 Å². The first-order valence-electron chi connectivity index (χ1n) is 7.53. The molecule has 0 bridgehead atoms. The van der Waals surface area contributed by atoms with Gasteiger partial charge in [0.1, 0.15) is 0 Å². The molecule has 1 aliphatic rings. The van der Waals surface area contributed by atoms with Gasteiger partial charge in [0.25, 0.3) is 0 Å². The Morgan fingerprint density at radius 1 is 1.33 bits per heavy atom. The molecule has 1 saturated carbocycles. The highest BCUT2D eigenvalue weighted by molar-refractivity contribution is 5.58. The van der Waals surface area contributed by atoms with Crippen LogP contribution in [0.1, 0.15) is 40.5 Å². The molecule has 2 rings (SSSR count). The number of anilines is 1. The average Bonchev–Trinajstić information content (AvgIpc) is 3.16. The molecule has 0 unspecified atom stereocenters. The normalized spacial score (nSPS) is 16.1. The van der Waals surface area contributed by atoms with Gasteiger partial charge in [-0.2, -0.15) is 0 Å². The van der Waals surface area contributed by atoms with Crippen molar-refractivity contribution in [2.45, 2.75) is 46.6 Å². The molecule has 0 spiro atoms. The van der Waals surface area contributed by atoms with Crippen LogP contribution in [0.2, 0.25) is 0 Å². The first-order chi connectivity index (χ1) is 9.84. The minimum absolute atomic E-state index is 0.0132. The van der Waals surface area contributed by atoms with Crippen molar-refractivity contribution in [3.8, 4) is 5.75 Å². The standard InChI is InChI=1S/C16H24N2O3/c1-11(2)16(7-8-16)10-17-13-5-6-14(18(19)20)15(9-13)21-12(3)4/h5-6,9,11-12,17H,7-8,10H2,1-4H3. The SMILES string of the molecule is CC(C)Oc1cc(NCC2(C(C)C)CC2)ccc1[N+](=O)[O-]. The second-order valence-corrected chi connectivity index (χ2v) is 6.48. The Bertz CT molecular complexity index is 522. The van der Waals surface area contributed by atoms with Crippen molar-refractivity contribution in [1.29, 1.82) is 0 Å². The van der Waals surface area contributed by atoms with Gasteiger partial charge in [0.15, 0.2) is 5.75 Å². The highest BCUT2D eigenvalue weighted by Crippen LogP contribution is 2.51. The van der Waals surface area contributed by atoms with Crippen molar-refractivity contribution < 1.29 is 9.66 Å². The van der Waals surface area contributed by atoms with E-state index in [1.165, 1.54) is 18.9 Å². The van der Waals surface area contributed by atoms with Gasteiger partial charge in [0.05, 0.1) is 11.0 Å². The molecule has 0 amide bonds. The summed E-state index contributed by atoms with van der Waals surface area (Å²) < 4.78 is 5.56. The highest BCUT2D eigenvalue weighted by atomic mass is 16.6. The lowest BCUT2D eigenvalue weighted by Crippen LogP contribution is -2.20. The summed E-state index contributed by atoms with van der Waals surface area (Å²) in [5, 5.41) is 14.4. The van der Waals surface area contributed by atoms with E-state index in [4.69, 9.17) is 4.74 Å². The van der Waals surface area contributed by atoms with Crippen LogP contribution in [0.3, 0.4) is 0 Å². The van der Waals surface area contributed by atoms with Crippen molar-refractivity contribution in [2.24, 2.45) is 11.3 Å². The van der Waals surface area contributed by atoms with Gasteiger partial charge in [0, 0.05) is 24.4 Å². The molecule has 1 aliphatic carbocycles. The fraction of sp³-hybridized carbons (Fsp3) is 0.625. The monoisotopic (exact) mass is 292 g/mol. The van der Waals surface area contributed by atoms with Gasteiger partial charge in [-0.25, -0.2) is 0 Å². The summed E-state index contributed by atoms with van der Waals surface area (Å²) in [7, 11) is 0. The molecule has 1 N–H and O–H groups in total. The van der Waals surface area contributed by atoms with Gasteiger partial charge < -0.3 is 10.1 Å². The van der Waals surface area contributed by atoms with E-state index in [0.717, 1.165) is 12.2 Å². The molecule has 5 nitrogen and oxygen atoms in total. The van der Waals surface area contributed by atoms with Crippen molar-refractivity contribution in [1.82, 2.24) is 0 Å². The van der Waals surface area contributed by atoms with Crippen molar-refractivity contribution in [2.75, 3.05) is 11.9 Å². The Labute approximate surface area is 125 Å². The largest absolute Gasteiger partial charge is 0.484 e. The molecule has 0 radical (unpaired) electrons. The summed E-state index contributed by atoms with van der Waals surface area (Å²) in [6.45, 7) is 9.13. The number of nitrogens with one attached hydrogen (secondary N) is 1. The van der Waals surface area contributed by atoms with Crippen molar-refractivity contribution in [3.05, 3.63) is 28.3 Å². The van der Waals surface area contributed by atoms with Crippen LogP contribution >= 0.6 is 0 Å². The number of nitrogens with zero attached hydrogens (tertiary/aromatic N) is 1. The third-order valence-electron chi connectivity index (χ3n) is 4.28. The van der Waals surface area contributed by atoms with E-state index < -0.39 is 4.92 Å². The minimum atomic E-state index is -0.405. The van der Waals surface area contributed by atoms with E-state index in [1.54, 1.807) is 12.1 Å². The van der Waals surface area contributed by atoms with Crippen LogP contribution in [-0.2, 0) is 0 Å². The maximum Gasteiger partial charge on any atom is 0.311 e. The highest BCUT2D eigenvalue weighted by Gasteiger charge is 2.44. The Kier molecular flexibility index (Phi) is 4.40. The summed E-state index contributed by atoms with van der Waals surface area (Å²) in [6, 6.07) is 4.99. The second-order valence-electron chi connectivity index (χ2n) is 6.48. The molecule has 21 heavy (non-hydrogen) atoms. The van der Waals surface area contributed by atoms with E-state index in [2.05, 4.69) is 19.2 Å². The molecule has 0 saturated heterocycles. The van der Waals surface area contributed by atoms with Gasteiger partial charge in [-0.05, 0) is 44.1 Å². The van der Waals surface area contributed by atoms with Gasteiger partial charge in [-0.15, -0.1) is 0 Å². The number of nitro groups is 1. The number of benzene rings is 1. The quantitative estimate of drug-likeness (QED) is 0.603. The molecular formula is C16H24N2O3. The molecule has 1 aromatic rings. The van der Waals surface area contributed by atoms with Gasteiger partial charge >= 0.3 is 5.69 Å². The minimum Gasteiger partial charge on any atom is -0.484 e.